The molecule has 1 aliphatic heterocycles. The van der Waals surface area contributed by atoms with Gasteiger partial charge in [0.1, 0.15) is 0 Å². The number of Topliss-reactive ketones (excluding diaryl/α,β-unsaturated/α-hetero) is 1. The molecule has 1 aromatic carbocycles. The molecule has 18 heavy (non-hydrogen) atoms. The van der Waals surface area contributed by atoms with Crippen molar-refractivity contribution in [3.63, 3.8) is 0 Å². The van der Waals surface area contributed by atoms with Crippen LogP contribution in [0.5, 0.6) is 0 Å². The molecule has 1 N–H and O–H groups in total. The molecule has 1 aliphatic rings. The normalized spacial score (nSPS) is 22.7. The van der Waals surface area contributed by atoms with Crippen molar-refractivity contribution in [2.24, 2.45) is 0 Å². The third kappa shape index (κ3) is 2.98. The number of likely N-dealkylation sites (tertiary alicyclic amines) is 1. The Hall–Kier alpha value is -1.19. The standard InChI is InChI=1S/C15H21NO2/c1-2-14(16-10-6-9-13(17)11-16)15(18)12-7-4-3-5-8-12/h3-5,7-8,13-14,17H,2,6,9-11H2,1H3. The Labute approximate surface area is 108 Å². The van der Waals surface area contributed by atoms with Gasteiger partial charge in [-0.15, -0.1) is 0 Å². The van der Waals surface area contributed by atoms with E-state index in [0.29, 0.717) is 6.54 Å². The monoisotopic (exact) mass is 247 g/mol. The summed E-state index contributed by atoms with van der Waals surface area (Å²) in [5.74, 6) is 0.173. The third-order valence-electron chi connectivity index (χ3n) is 3.62. The summed E-state index contributed by atoms with van der Waals surface area (Å²) in [4.78, 5) is 14.6. The fourth-order valence-electron chi connectivity index (χ4n) is 2.67. The summed E-state index contributed by atoms with van der Waals surface area (Å²) < 4.78 is 0. The van der Waals surface area contributed by atoms with Gasteiger partial charge in [-0.05, 0) is 25.8 Å². The lowest BCUT2D eigenvalue weighted by atomic mass is 9.97. The Balaban J connectivity index is 2.10. The minimum atomic E-state index is -0.281. The zero-order valence-electron chi connectivity index (χ0n) is 10.9. The molecule has 1 heterocycles. The van der Waals surface area contributed by atoms with Gasteiger partial charge in [0, 0.05) is 12.1 Å². The third-order valence-corrected chi connectivity index (χ3v) is 3.62. The zero-order chi connectivity index (χ0) is 13.0. The van der Waals surface area contributed by atoms with E-state index in [1.807, 2.05) is 37.3 Å². The van der Waals surface area contributed by atoms with Crippen LogP contribution in [0.2, 0.25) is 0 Å². The number of β-amino-alcohol motifs (C(OH)–C–C–N with tert-alkyl or cyclic N) is 1. The lowest BCUT2D eigenvalue weighted by Crippen LogP contribution is -2.48. The van der Waals surface area contributed by atoms with E-state index in [1.165, 1.54) is 0 Å². The highest BCUT2D eigenvalue weighted by Crippen LogP contribution is 2.18. The molecule has 0 bridgehead atoms. The van der Waals surface area contributed by atoms with Crippen LogP contribution in [0.3, 0.4) is 0 Å². The maximum absolute atomic E-state index is 12.5. The number of hydrogen-bond acceptors (Lipinski definition) is 3. The van der Waals surface area contributed by atoms with Crippen molar-refractivity contribution >= 4 is 5.78 Å². The number of nitrogens with zero attached hydrogens (tertiary/aromatic N) is 1. The number of rotatable bonds is 4. The molecular formula is C15H21NO2. The lowest BCUT2D eigenvalue weighted by Gasteiger charge is -2.35. The highest BCUT2D eigenvalue weighted by molar-refractivity contribution is 6.00. The molecule has 0 spiro atoms. The Kier molecular flexibility index (Phi) is 4.50. The molecular weight excluding hydrogens is 226 g/mol. The minimum absolute atomic E-state index is 0.0950. The average molecular weight is 247 g/mol. The molecule has 0 aliphatic carbocycles. The molecule has 0 aromatic heterocycles. The highest BCUT2D eigenvalue weighted by atomic mass is 16.3. The molecule has 1 aromatic rings. The predicted molar refractivity (Wildman–Crippen MR) is 71.7 cm³/mol. The molecule has 0 saturated carbocycles. The first-order valence-electron chi connectivity index (χ1n) is 6.73. The van der Waals surface area contributed by atoms with Crippen LogP contribution in [0, 0.1) is 0 Å². The van der Waals surface area contributed by atoms with E-state index >= 15 is 0 Å². The summed E-state index contributed by atoms with van der Waals surface area (Å²) in [7, 11) is 0. The molecule has 2 unspecified atom stereocenters. The van der Waals surface area contributed by atoms with Gasteiger partial charge in [0.25, 0.3) is 0 Å². The first-order valence-corrected chi connectivity index (χ1v) is 6.73. The summed E-state index contributed by atoms with van der Waals surface area (Å²) >= 11 is 0. The maximum Gasteiger partial charge on any atom is 0.179 e. The Morgan fingerprint density at radius 2 is 2.17 bits per heavy atom. The number of carbonyl (C=O) groups excluding carboxylic acids is 1. The van der Waals surface area contributed by atoms with E-state index in [2.05, 4.69) is 4.90 Å². The van der Waals surface area contributed by atoms with Gasteiger partial charge in [0.15, 0.2) is 5.78 Å². The molecule has 98 valence electrons. The van der Waals surface area contributed by atoms with Gasteiger partial charge in [-0.1, -0.05) is 37.3 Å². The fourth-order valence-corrected chi connectivity index (χ4v) is 2.67. The SMILES string of the molecule is CCC(C(=O)c1ccccc1)N1CCCC(O)C1. The predicted octanol–water partition coefficient (Wildman–Crippen LogP) is 2.10. The number of ketones is 1. The quantitative estimate of drug-likeness (QED) is 0.828. The second kappa shape index (κ2) is 6.12. The van der Waals surface area contributed by atoms with Gasteiger partial charge < -0.3 is 5.11 Å². The fraction of sp³-hybridized carbons (Fsp3) is 0.533. The van der Waals surface area contributed by atoms with E-state index < -0.39 is 0 Å². The highest BCUT2D eigenvalue weighted by Gasteiger charge is 2.28. The van der Waals surface area contributed by atoms with Gasteiger partial charge in [0.2, 0.25) is 0 Å². The summed E-state index contributed by atoms with van der Waals surface area (Å²) in [6.07, 6.45) is 2.34. The van der Waals surface area contributed by atoms with Crippen molar-refractivity contribution in [3.05, 3.63) is 35.9 Å². The minimum Gasteiger partial charge on any atom is -0.392 e. The van der Waals surface area contributed by atoms with Crippen LogP contribution >= 0.6 is 0 Å². The summed E-state index contributed by atoms with van der Waals surface area (Å²) in [5, 5.41) is 9.72. The van der Waals surface area contributed by atoms with Crippen molar-refractivity contribution in [2.75, 3.05) is 13.1 Å². The van der Waals surface area contributed by atoms with Crippen LogP contribution in [0.25, 0.3) is 0 Å². The van der Waals surface area contributed by atoms with Crippen molar-refractivity contribution in [1.82, 2.24) is 4.90 Å². The number of benzene rings is 1. The van der Waals surface area contributed by atoms with Gasteiger partial charge in [0.05, 0.1) is 12.1 Å². The van der Waals surface area contributed by atoms with Crippen LogP contribution < -0.4 is 0 Å². The molecule has 2 rings (SSSR count). The van der Waals surface area contributed by atoms with E-state index in [4.69, 9.17) is 0 Å². The second-order valence-corrected chi connectivity index (χ2v) is 4.95. The van der Waals surface area contributed by atoms with Crippen LogP contribution in [0.4, 0.5) is 0 Å². The van der Waals surface area contributed by atoms with E-state index in [1.54, 1.807) is 0 Å². The van der Waals surface area contributed by atoms with Gasteiger partial charge >= 0.3 is 0 Å². The molecule has 1 fully saturated rings. The number of carbonyl (C=O) groups is 1. The molecule has 0 amide bonds. The first-order chi connectivity index (χ1) is 8.72. The smallest absolute Gasteiger partial charge is 0.179 e. The lowest BCUT2D eigenvalue weighted by molar-refractivity contribution is 0.0410. The number of aliphatic hydroxyl groups is 1. The summed E-state index contributed by atoms with van der Waals surface area (Å²) in [5.41, 5.74) is 0.768. The van der Waals surface area contributed by atoms with E-state index in [0.717, 1.165) is 31.4 Å². The number of hydrogen-bond donors (Lipinski definition) is 1. The van der Waals surface area contributed by atoms with E-state index in [-0.39, 0.29) is 17.9 Å². The van der Waals surface area contributed by atoms with E-state index in [9.17, 15) is 9.90 Å². The second-order valence-electron chi connectivity index (χ2n) is 4.95. The van der Waals surface area contributed by atoms with Gasteiger partial charge in [-0.2, -0.15) is 0 Å². The molecule has 3 heteroatoms. The number of aliphatic hydroxyl groups excluding tert-OH is 1. The first kappa shape index (κ1) is 13.2. The Bertz CT molecular complexity index is 391. The van der Waals surface area contributed by atoms with Crippen LogP contribution in [-0.4, -0.2) is 41.0 Å². The van der Waals surface area contributed by atoms with Crippen LogP contribution in [0.1, 0.15) is 36.5 Å². The number of piperidine rings is 1. The molecule has 1 saturated heterocycles. The van der Waals surface area contributed by atoms with Crippen LogP contribution in [-0.2, 0) is 0 Å². The summed E-state index contributed by atoms with van der Waals surface area (Å²) in [6, 6.07) is 9.34. The van der Waals surface area contributed by atoms with Crippen molar-refractivity contribution in [1.29, 1.82) is 0 Å². The molecule has 3 nitrogen and oxygen atoms in total. The van der Waals surface area contributed by atoms with Crippen molar-refractivity contribution < 1.29 is 9.90 Å². The van der Waals surface area contributed by atoms with Gasteiger partial charge in [-0.25, -0.2) is 0 Å². The Morgan fingerprint density at radius 1 is 1.44 bits per heavy atom. The summed E-state index contributed by atoms with van der Waals surface area (Å²) in [6.45, 7) is 3.57. The zero-order valence-corrected chi connectivity index (χ0v) is 10.9. The maximum atomic E-state index is 12.5. The largest absolute Gasteiger partial charge is 0.392 e. The Morgan fingerprint density at radius 3 is 2.78 bits per heavy atom. The van der Waals surface area contributed by atoms with Gasteiger partial charge in [-0.3, -0.25) is 9.69 Å². The average Bonchev–Trinajstić information content (AvgIpc) is 2.40. The van der Waals surface area contributed by atoms with Crippen molar-refractivity contribution in [3.8, 4) is 0 Å². The molecule has 2 atom stereocenters. The topological polar surface area (TPSA) is 40.5 Å². The molecule has 0 radical (unpaired) electrons. The van der Waals surface area contributed by atoms with Crippen LogP contribution in [0.15, 0.2) is 30.3 Å². The van der Waals surface area contributed by atoms with Crippen molar-refractivity contribution in [2.45, 2.75) is 38.3 Å².